The zero-order valence-electron chi connectivity index (χ0n) is 11.5. The first kappa shape index (κ1) is 14.1. The van der Waals surface area contributed by atoms with Gasteiger partial charge in [-0.1, -0.05) is 12.1 Å². The van der Waals surface area contributed by atoms with Crippen LogP contribution >= 0.6 is 0 Å². The molecular formula is C12H24N4O. The van der Waals surface area contributed by atoms with Gasteiger partial charge < -0.3 is 14.7 Å². The fourth-order valence-corrected chi connectivity index (χ4v) is 1.79. The van der Waals surface area contributed by atoms with Crippen LogP contribution in [0.25, 0.3) is 0 Å². The zero-order chi connectivity index (χ0) is 12.8. The normalized spacial score (nSPS) is 15.2. The summed E-state index contributed by atoms with van der Waals surface area (Å²) in [5, 5.41) is 7.27. The molecule has 0 saturated carbocycles. The van der Waals surface area contributed by atoms with Crippen molar-refractivity contribution in [2.45, 2.75) is 38.6 Å². The Morgan fingerprint density at radius 2 is 2.12 bits per heavy atom. The molecule has 5 nitrogen and oxygen atoms in total. The summed E-state index contributed by atoms with van der Waals surface area (Å²) in [6.45, 7) is 5.22. The van der Waals surface area contributed by atoms with Gasteiger partial charge in [0.2, 0.25) is 5.89 Å². The van der Waals surface area contributed by atoms with Crippen LogP contribution in [0.2, 0.25) is 0 Å². The number of rotatable bonds is 7. The van der Waals surface area contributed by atoms with Crippen LogP contribution in [0.4, 0.5) is 0 Å². The van der Waals surface area contributed by atoms with E-state index in [2.05, 4.69) is 34.2 Å². The molecule has 0 saturated heterocycles. The van der Waals surface area contributed by atoms with Gasteiger partial charge in [0.15, 0.2) is 5.82 Å². The lowest BCUT2D eigenvalue weighted by molar-refractivity contribution is 0.318. The minimum Gasteiger partial charge on any atom is -0.339 e. The molecule has 17 heavy (non-hydrogen) atoms. The second-order valence-corrected chi connectivity index (χ2v) is 4.69. The van der Waals surface area contributed by atoms with E-state index in [1.54, 1.807) is 0 Å². The van der Waals surface area contributed by atoms with E-state index in [9.17, 15) is 0 Å². The molecule has 0 aliphatic rings. The fraction of sp³-hybridized carbons (Fsp3) is 0.833. The first-order valence-electron chi connectivity index (χ1n) is 6.23. The van der Waals surface area contributed by atoms with E-state index in [4.69, 9.17) is 4.52 Å². The van der Waals surface area contributed by atoms with Crippen molar-refractivity contribution in [2.24, 2.45) is 0 Å². The van der Waals surface area contributed by atoms with E-state index < -0.39 is 0 Å². The Morgan fingerprint density at radius 1 is 1.41 bits per heavy atom. The van der Waals surface area contributed by atoms with E-state index in [0.717, 1.165) is 31.1 Å². The van der Waals surface area contributed by atoms with Gasteiger partial charge in [0.25, 0.3) is 0 Å². The average molecular weight is 240 g/mol. The van der Waals surface area contributed by atoms with Gasteiger partial charge in [0.1, 0.15) is 0 Å². The van der Waals surface area contributed by atoms with E-state index >= 15 is 0 Å². The number of hydrogen-bond donors (Lipinski definition) is 1. The van der Waals surface area contributed by atoms with Gasteiger partial charge in [-0.15, -0.1) is 0 Å². The van der Waals surface area contributed by atoms with Gasteiger partial charge in [-0.25, -0.2) is 0 Å². The lowest BCUT2D eigenvalue weighted by Crippen LogP contribution is -2.28. The van der Waals surface area contributed by atoms with Crippen LogP contribution in [0.15, 0.2) is 4.52 Å². The van der Waals surface area contributed by atoms with E-state index in [-0.39, 0.29) is 0 Å². The molecule has 0 bridgehead atoms. The summed E-state index contributed by atoms with van der Waals surface area (Å²) in [6, 6.07) is 0.349. The van der Waals surface area contributed by atoms with Gasteiger partial charge in [0.05, 0.1) is 5.92 Å². The number of hydrogen-bond acceptors (Lipinski definition) is 5. The van der Waals surface area contributed by atoms with Gasteiger partial charge in [-0.05, 0) is 34.5 Å². The number of likely N-dealkylation sites (N-methyl/N-ethyl adjacent to an activating group) is 2. The van der Waals surface area contributed by atoms with Gasteiger partial charge in [0, 0.05) is 19.0 Å². The van der Waals surface area contributed by atoms with Crippen molar-refractivity contribution in [2.75, 3.05) is 27.7 Å². The molecule has 5 heteroatoms. The first-order chi connectivity index (χ1) is 8.08. The van der Waals surface area contributed by atoms with E-state index in [1.165, 1.54) is 0 Å². The zero-order valence-corrected chi connectivity index (χ0v) is 11.5. The average Bonchev–Trinajstić information content (AvgIpc) is 2.75. The molecule has 2 atom stereocenters. The Hall–Kier alpha value is -0.940. The maximum Gasteiger partial charge on any atom is 0.231 e. The topological polar surface area (TPSA) is 54.2 Å². The van der Waals surface area contributed by atoms with Crippen molar-refractivity contribution in [3.8, 4) is 0 Å². The third kappa shape index (κ3) is 4.09. The molecule has 0 aliphatic heterocycles. The molecule has 1 aromatic rings. The molecule has 0 radical (unpaired) electrons. The highest BCUT2D eigenvalue weighted by molar-refractivity contribution is 4.98. The van der Waals surface area contributed by atoms with Crippen molar-refractivity contribution >= 4 is 0 Å². The Morgan fingerprint density at radius 3 is 2.65 bits per heavy atom. The summed E-state index contributed by atoms with van der Waals surface area (Å²) in [7, 11) is 6.04. The fourth-order valence-electron chi connectivity index (χ4n) is 1.79. The largest absolute Gasteiger partial charge is 0.339 e. The summed E-state index contributed by atoms with van der Waals surface area (Å²) in [5.74, 6) is 1.85. The standard InChI is InChI=1S/C12H24N4O/c1-6-10(9(2)13-3)12-14-11(15-17-12)7-8-16(4)5/h9-10,13H,6-8H2,1-5H3. The molecule has 1 rings (SSSR count). The SMILES string of the molecule is CCC(c1nc(CCN(C)C)no1)C(C)NC. The van der Waals surface area contributed by atoms with Crippen molar-refractivity contribution in [1.29, 1.82) is 0 Å². The van der Waals surface area contributed by atoms with Crippen LogP contribution in [0.1, 0.15) is 37.9 Å². The summed E-state index contributed by atoms with van der Waals surface area (Å²) in [4.78, 5) is 6.59. The molecule has 1 heterocycles. The van der Waals surface area contributed by atoms with Gasteiger partial charge >= 0.3 is 0 Å². The van der Waals surface area contributed by atoms with Crippen LogP contribution in [0.3, 0.4) is 0 Å². The molecular weight excluding hydrogens is 216 g/mol. The molecule has 0 aliphatic carbocycles. The predicted octanol–water partition coefficient (Wildman–Crippen LogP) is 1.28. The maximum atomic E-state index is 5.35. The Balaban J connectivity index is 2.65. The van der Waals surface area contributed by atoms with Crippen LogP contribution in [0.5, 0.6) is 0 Å². The smallest absolute Gasteiger partial charge is 0.231 e. The van der Waals surface area contributed by atoms with E-state index in [1.807, 2.05) is 21.1 Å². The molecule has 0 fully saturated rings. The summed E-state index contributed by atoms with van der Waals surface area (Å²) in [5.41, 5.74) is 0. The molecule has 98 valence electrons. The summed E-state index contributed by atoms with van der Waals surface area (Å²) in [6.07, 6.45) is 1.83. The highest BCUT2D eigenvalue weighted by Gasteiger charge is 2.22. The molecule has 0 aromatic carbocycles. The lowest BCUT2D eigenvalue weighted by atomic mass is 9.98. The molecule has 2 unspecified atom stereocenters. The molecule has 0 amide bonds. The Labute approximate surface area is 104 Å². The van der Waals surface area contributed by atoms with Crippen molar-refractivity contribution in [1.82, 2.24) is 20.4 Å². The van der Waals surface area contributed by atoms with E-state index in [0.29, 0.717) is 12.0 Å². The predicted molar refractivity (Wildman–Crippen MR) is 68.1 cm³/mol. The number of aromatic nitrogens is 2. The quantitative estimate of drug-likeness (QED) is 0.778. The molecule has 0 spiro atoms. The number of nitrogens with zero attached hydrogens (tertiary/aromatic N) is 3. The molecule has 1 N–H and O–H groups in total. The highest BCUT2D eigenvalue weighted by Crippen LogP contribution is 2.21. The Bertz CT molecular complexity index is 324. The monoisotopic (exact) mass is 240 g/mol. The summed E-state index contributed by atoms with van der Waals surface area (Å²) >= 11 is 0. The first-order valence-corrected chi connectivity index (χ1v) is 6.23. The Kier molecular flexibility index (Phi) is 5.58. The van der Waals surface area contributed by atoms with Gasteiger partial charge in [-0.3, -0.25) is 0 Å². The summed E-state index contributed by atoms with van der Waals surface area (Å²) < 4.78 is 5.35. The third-order valence-electron chi connectivity index (χ3n) is 3.08. The van der Waals surface area contributed by atoms with Crippen LogP contribution in [-0.2, 0) is 6.42 Å². The van der Waals surface area contributed by atoms with Crippen molar-refractivity contribution in [3.63, 3.8) is 0 Å². The van der Waals surface area contributed by atoms with Crippen molar-refractivity contribution < 1.29 is 4.52 Å². The lowest BCUT2D eigenvalue weighted by Gasteiger charge is -2.17. The highest BCUT2D eigenvalue weighted by atomic mass is 16.5. The van der Waals surface area contributed by atoms with Crippen LogP contribution in [-0.4, -0.2) is 48.8 Å². The minimum absolute atomic E-state index is 0.292. The number of nitrogens with one attached hydrogen (secondary N) is 1. The third-order valence-corrected chi connectivity index (χ3v) is 3.08. The maximum absolute atomic E-state index is 5.35. The second kappa shape index (κ2) is 6.71. The van der Waals surface area contributed by atoms with Crippen LogP contribution < -0.4 is 5.32 Å². The molecule has 1 aromatic heterocycles. The van der Waals surface area contributed by atoms with Crippen LogP contribution in [0, 0.1) is 0 Å². The second-order valence-electron chi connectivity index (χ2n) is 4.69. The van der Waals surface area contributed by atoms with Crippen molar-refractivity contribution in [3.05, 3.63) is 11.7 Å². The van der Waals surface area contributed by atoms with Gasteiger partial charge in [-0.2, -0.15) is 4.98 Å². The minimum atomic E-state index is 0.292.